The Morgan fingerprint density at radius 2 is 2.06 bits per heavy atom. The van der Waals surface area contributed by atoms with E-state index >= 15 is 0 Å². The number of hydrogen-bond acceptors (Lipinski definition) is 2. The van der Waals surface area contributed by atoms with Gasteiger partial charge in [-0.1, -0.05) is 33.6 Å². The summed E-state index contributed by atoms with van der Waals surface area (Å²) in [6.07, 6.45) is 3.07. The van der Waals surface area contributed by atoms with Gasteiger partial charge in [-0.15, -0.1) is 0 Å². The van der Waals surface area contributed by atoms with E-state index in [4.69, 9.17) is 16.7 Å². The van der Waals surface area contributed by atoms with Crippen molar-refractivity contribution < 1.29 is 5.11 Å². The molecule has 0 saturated carbocycles. The van der Waals surface area contributed by atoms with Crippen molar-refractivity contribution in [3.05, 3.63) is 33.3 Å². The minimum atomic E-state index is 0.294. The van der Waals surface area contributed by atoms with Gasteiger partial charge in [0.25, 0.3) is 0 Å². The van der Waals surface area contributed by atoms with Gasteiger partial charge in [-0.3, -0.25) is 0 Å². The molecule has 0 heterocycles. The van der Waals surface area contributed by atoms with Crippen molar-refractivity contribution in [3.63, 3.8) is 0 Å². The highest BCUT2D eigenvalue weighted by molar-refractivity contribution is 9.10. The van der Waals surface area contributed by atoms with E-state index in [1.54, 1.807) is 0 Å². The van der Waals surface area contributed by atoms with Gasteiger partial charge < -0.3 is 10.4 Å². The van der Waals surface area contributed by atoms with E-state index in [0.717, 1.165) is 41.8 Å². The second kappa shape index (κ2) is 8.07. The molecule has 0 aliphatic rings. The fourth-order valence-electron chi connectivity index (χ4n) is 1.43. The van der Waals surface area contributed by atoms with E-state index in [1.807, 2.05) is 18.2 Å². The van der Waals surface area contributed by atoms with Crippen molar-refractivity contribution in [2.24, 2.45) is 0 Å². The van der Waals surface area contributed by atoms with Gasteiger partial charge in [0, 0.05) is 22.6 Å². The van der Waals surface area contributed by atoms with Crippen molar-refractivity contribution in [1.29, 1.82) is 0 Å². The van der Waals surface area contributed by atoms with Crippen LogP contribution < -0.4 is 5.32 Å². The zero-order chi connectivity index (χ0) is 11.8. The number of rotatable bonds is 7. The van der Waals surface area contributed by atoms with Crippen molar-refractivity contribution in [2.75, 3.05) is 13.2 Å². The smallest absolute Gasteiger partial charge is 0.0431 e. The maximum atomic E-state index is 8.62. The Balaban J connectivity index is 2.21. The van der Waals surface area contributed by atoms with E-state index in [-0.39, 0.29) is 0 Å². The molecule has 2 N–H and O–H groups in total. The van der Waals surface area contributed by atoms with E-state index < -0.39 is 0 Å². The molecule has 0 bridgehead atoms. The van der Waals surface area contributed by atoms with E-state index in [9.17, 15) is 0 Å². The number of halogens is 2. The molecule has 0 fully saturated rings. The fourth-order valence-corrected chi connectivity index (χ4v) is 2.25. The molecule has 1 aromatic carbocycles. The van der Waals surface area contributed by atoms with Crippen LogP contribution in [-0.4, -0.2) is 18.3 Å². The normalized spacial score (nSPS) is 10.7. The van der Waals surface area contributed by atoms with Crippen molar-refractivity contribution >= 4 is 27.5 Å². The first-order valence-electron chi connectivity index (χ1n) is 5.49. The molecular formula is C12H17BrClNO. The number of aliphatic hydroxyl groups is 1. The van der Waals surface area contributed by atoms with Crippen LogP contribution in [-0.2, 0) is 6.54 Å². The third-order valence-electron chi connectivity index (χ3n) is 2.34. The highest BCUT2D eigenvalue weighted by Gasteiger charge is 1.99. The maximum Gasteiger partial charge on any atom is 0.0431 e. The largest absolute Gasteiger partial charge is 0.396 e. The van der Waals surface area contributed by atoms with Gasteiger partial charge in [0.05, 0.1) is 0 Å². The van der Waals surface area contributed by atoms with Gasteiger partial charge in [0.1, 0.15) is 0 Å². The molecule has 0 saturated heterocycles. The average Bonchev–Trinajstić information content (AvgIpc) is 2.26. The molecule has 0 aromatic heterocycles. The molecule has 4 heteroatoms. The summed E-state index contributed by atoms with van der Waals surface area (Å²) in [6.45, 7) is 2.12. The third kappa shape index (κ3) is 5.30. The lowest BCUT2D eigenvalue weighted by Gasteiger charge is -2.07. The Labute approximate surface area is 110 Å². The van der Waals surface area contributed by atoms with Crippen molar-refractivity contribution in [2.45, 2.75) is 25.8 Å². The minimum absolute atomic E-state index is 0.294. The van der Waals surface area contributed by atoms with Crippen LogP contribution >= 0.6 is 27.5 Å². The van der Waals surface area contributed by atoms with Gasteiger partial charge >= 0.3 is 0 Å². The van der Waals surface area contributed by atoms with Gasteiger partial charge in [0.15, 0.2) is 0 Å². The topological polar surface area (TPSA) is 32.3 Å². The Morgan fingerprint density at radius 3 is 2.75 bits per heavy atom. The Kier molecular flexibility index (Phi) is 7.05. The molecule has 1 aromatic rings. The zero-order valence-electron chi connectivity index (χ0n) is 9.18. The number of benzene rings is 1. The summed E-state index contributed by atoms with van der Waals surface area (Å²) in [6, 6.07) is 5.83. The predicted molar refractivity (Wildman–Crippen MR) is 71.8 cm³/mol. The van der Waals surface area contributed by atoms with Gasteiger partial charge in [0.2, 0.25) is 0 Å². The van der Waals surface area contributed by atoms with Crippen LogP contribution in [0, 0.1) is 0 Å². The molecule has 16 heavy (non-hydrogen) atoms. The SMILES string of the molecule is OCCCCCNCc1ccc(Cl)cc1Br. The Morgan fingerprint density at radius 1 is 1.25 bits per heavy atom. The number of nitrogens with one attached hydrogen (secondary N) is 1. The summed E-state index contributed by atoms with van der Waals surface area (Å²) in [7, 11) is 0. The maximum absolute atomic E-state index is 8.62. The lowest BCUT2D eigenvalue weighted by molar-refractivity contribution is 0.283. The van der Waals surface area contributed by atoms with Crippen molar-refractivity contribution in [1.82, 2.24) is 5.32 Å². The summed E-state index contributed by atoms with van der Waals surface area (Å²) in [5.41, 5.74) is 1.21. The van der Waals surface area contributed by atoms with Crippen LogP contribution in [0.4, 0.5) is 0 Å². The zero-order valence-corrected chi connectivity index (χ0v) is 11.5. The molecule has 0 aliphatic carbocycles. The van der Waals surface area contributed by atoms with E-state index in [2.05, 4.69) is 21.2 Å². The number of hydrogen-bond donors (Lipinski definition) is 2. The summed E-state index contributed by atoms with van der Waals surface area (Å²) < 4.78 is 1.04. The third-order valence-corrected chi connectivity index (χ3v) is 3.32. The second-order valence-electron chi connectivity index (χ2n) is 3.70. The van der Waals surface area contributed by atoms with Gasteiger partial charge in [-0.25, -0.2) is 0 Å². The van der Waals surface area contributed by atoms with E-state index in [1.165, 1.54) is 5.56 Å². The molecule has 0 spiro atoms. The highest BCUT2D eigenvalue weighted by atomic mass is 79.9. The number of aliphatic hydroxyl groups excluding tert-OH is 1. The quantitative estimate of drug-likeness (QED) is 0.757. The molecule has 1 rings (SSSR count). The number of unbranched alkanes of at least 4 members (excludes halogenated alkanes) is 2. The van der Waals surface area contributed by atoms with Gasteiger partial charge in [-0.05, 0) is 43.5 Å². The molecule has 0 unspecified atom stereocenters. The molecule has 0 aliphatic heterocycles. The molecule has 90 valence electrons. The predicted octanol–water partition coefficient (Wildman–Crippen LogP) is 3.35. The van der Waals surface area contributed by atoms with Crippen LogP contribution in [0.2, 0.25) is 5.02 Å². The average molecular weight is 307 g/mol. The first-order chi connectivity index (χ1) is 7.74. The lowest BCUT2D eigenvalue weighted by atomic mass is 10.2. The highest BCUT2D eigenvalue weighted by Crippen LogP contribution is 2.21. The summed E-state index contributed by atoms with van der Waals surface area (Å²) in [4.78, 5) is 0. The summed E-state index contributed by atoms with van der Waals surface area (Å²) >= 11 is 9.35. The lowest BCUT2D eigenvalue weighted by Crippen LogP contribution is -2.15. The van der Waals surface area contributed by atoms with E-state index in [0.29, 0.717) is 6.61 Å². The van der Waals surface area contributed by atoms with Crippen LogP contribution in [0.5, 0.6) is 0 Å². The van der Waals surface area contributed by atoms with Crippen LogP contribution in [0.3, 0.4) is 0 Å². The molecule has 0 atom stereocenters. The second-order valence-corrected chi connectivity index (χ2v) is 4.99. The fraction of sp³-hybridized carbons (Fsp3) is 0.500. The summed E-state index contributed by atoms with van der Waals surface area (Å²) in [5.74, 6) is 0. The monoisotopic (exact) mass is 305 g/mol. The van der Waals surface area contributed by atoms with Crippen molar-refractivity contribution in [3.8, 4) is 0 Å². The molecule has 0 radical (unpaired) electrons. The minimum Gasteiger partial charge on any atom is -0.396 e. The first-order valence-corrected chi connectivity index (χ1v) is 6.66. The van der Waals surface area contributed by atoms with Gasteiger partial charge in [-0.2, -0.15) is 0 Å². The Bertz CT molecular complexity index is 320. The van der Waals surface area contributed by atoms with Crippen LogP contribution in [0.25, 0.3) is 0 Å². The standard InChI is InChI=1S/C12H17BrClNO/c13-12-8-11(14)5-4-10(12)9-15-6-2-1-3-7-16/h4-5,8,15-16H,1-3,6-7,9H2. The Hall–Kier alpha value is -0.0900. The summed E-state index contributed by atoms with van der Waals surface area (Å²) in [5, 5.41) is 12.7. The molecule has 0 amide bonds. The first kappa shape index (κ1) is 14.0. The van der Waals surface area contributed by atoms with Crippen LogP contribution in [0.1, 0.15) is 24.8 Å². The van der Waals surface area contributed by atoms with Crippen LogP contribution in [0.15, 0.2) is 22.7 Å². The molecule has 2 nitrogen and oxygen atoms in total. The molecular weight excluding hydrogens is 289 g/mol.